The molecule has 0 spiro atoms. The molecule has 0 unspecified atom stereocenters. The Bertz CT molecular complexity index is 1090. The smallest absolute Gasteiger partial charge is 0.125 e. The Labute approximate surface area is 154 Å². The number of rotatable bonds is 2. The van der Waals surface area contributed by atoms with Crippen LogP contribution in [0.15, 0.2) is 48.0 Å². The van der Waals surface area contributed by atoms with Gasteiger partial charge < -0.3 is 10.8 Å². The zero-order valence-corrected chi connectivity index (χ0v) is 15.4. The molecule has 0 atom stereocenters. The fraction of sp³-hybridized carbons (Fsp3) is 0.150. The number of thiophene rings is 1. The molecule has 0 radical (unpaired) electrons. The predicted molar refractivity (Wildman–Crippen MR) is 106 cm³/mol. The van der Waals surface area contributed by atoms with E-state index in [0.717, 1.165) is 32.2 Å². The zero-order valence-electron chi connectivity index (χ0n) is 13.9. The van der Waals surface area contributed by atoms with Gasteiger partial charge in [-0.05, 0) is 36.4 Å². The van der Waals surface area contributed by atoms with Crippen LogP contribution < -0.4 is 5.73 Å². The third kappa shape index (κ3) is 2.67. The van der Waals surface area contributed by atoms with Crippen molar-refractivity contribution in [2.24, 2.45) is 5.73 Å². The predicted octanol–water partition coefficient (Wildman–Crippen LogP) is 5.67. The lowest BCUT2D eigenvalue weighted by molar-refractivity contribution is 0.478. The van der Waals surface area contributed by atoms with Crippen molar-refractivity contribution < 1.29 is 5.11 Å². The number of phenolic OH excluding ortho intramolecular Hbond substituents is 1. The van der Waals surface area contributed by atoms with Gasteiger partial charge in [0.1, 0.15) is 5.75 Å². The number of phenols is 1. The summed E-state index contributed by atoms with van der Waals surface area (Å²) in [5.74, 6) is 0.151. The highest BCUT2D eigenvalue weighted by Crippen LogP contribution is 2.43. The van der Waals surface area contributed by atoms with Gasteiger partial charge in [0.25, 0.3) is 0 Å². The summed E-state index contributed by atoms with van der Waals surface area (Å²) in [6.07, 6.45) is 1.83. The lowest BCUT2D eigenvalue weighted by Gasteiger charge is -2.19. The lowest BCUT2D eigenvalue weighted by atomic mass is 9.92. The Hall–Kier alpha value is -2.14. The van der Waals surface area contributed by atoms with Crippen molar-refractivity contribution in [2.75, 3.05) is 0 Å². The number of aromatic nitrogens is 1. The molecule has 0 fully saturated rings. The fourth-order valence-corrected chi connectivity index (χ4v) is 4.13. The van der Waals surface area contributed by atoms with E-state index in [1.807, 2.05) is 55.8 Å². The molecule has 4 aromatic rings. The minimum atomic E-state index is -0.412. The van der Waals surface area contributed by atoms with Crippen LogP contribution in [0.2, 0.25) is 5.02 Å². The molecule has 126 valence electrons. The first-order valence-corrected chi connectivity index (χ1v) is 9.19. The van der Waals surface area contributed by atoms with E-state index >= 15 is 0 Å². The summed E-state index contributed by atoms with van der Waals surface area (Å²) >= 11 is 7.96. The number of benzene rings is 2. The molecule has 0 saturated heterocycles. The van der Waals surface area contributed by atoms with Crippen molar-refractivity contribution in [3.63, 3.8) is 0 Å². The van der Waals surface area contributed by atoms with Gasteiger partial charge in [0.15, 0.2) is 0 Å². The third-order valence-electron chi connectivity index (χ3n) is 4.43. The first-order valence-electron chi connectivity index (χ1n) is 7.93. The van der Waals surface area contributed by atoms with Crippen molar-refractivity contribution in [1.29, 1.82) is 0 Å². The topological polar surface area (TPSA) is 59.1 Å². The van der Waals surface area contributed by atoms with Crippen LogP contribution in [0.3, 0.4) is 0 Å². The molecule has 2 heterocycles. The molecule has 4 rings (SSSR count). The Morgan fingerprint density at radius 3 is 2.56 bits per heavy atom. The molecule has 0 saturated carbocycles. The second-order valence-electron chi connectivity index (χ2n) is 6.73. The van der Waals surface area contributed by atoms with Gasteiger partial charge in [0.05, 0.1) is 15.2 Å². The van der Waals surface area contributed by atoms with Crippen LogP contribution in [-0.4, -0.2) is 10.1 Å². The van der Waals surface area contributed by atoms with Crippen LogP contribution in [0.4, 0.5) is 0 Å². The van der Waals surface area contributed by atoms with E-state index in [1.165, 1.54) is 0 Å². The minimum Gasteiger partial charge on any atom is -0.507 e. The maximum Gasteiger partial charge on any atom is 0.125 e. The average molecular weight is 369 g/mol. The Morgan fingerprint density at radius 2 is 1.88 bits per heavy atom. The Kier molecular flexibility index (Phi) is 3.72. The molecule has 2 aromatic carbocycles. The van der Waals surface area contributed by atoms with Crippen LogP contribution in [0.25, 0.3) is 32.1 Å². The number of halogens is 1. The van der Waals surface area contributed by atoms with Crippen molar-refractivity contribution in [3.05, 3.63) is 58.6 Å². The third-order valence-corrected chi connectivity index (χ3v) is 5.57. The van der Waals surface area contributed by atoms with E-state index in [4.69, 9.17) is 17.3 Å². The van der Waals surface area contributed by atoms with Crippen molar-refractivity contribution in [1.82, 2.24) is 4.98 Å². The summed E-state index contributed by atoms with van der Waals surface area (Å²) in [5.41, 5.74) is 9.15. The highest BCUT2D eigenvalue weighted by molar-refractivity contribution is 7.17. The summed E-state index contributed by atoms with van der Waals surface area (Å²) in [5, 5.41) is 15.0. The van der Waals surface area contributed by atoms with Crippen LogP contribution in [0.5, 0.6) is 5.75 Å². The quantitative estimate of drug-likeness (QED) is 0.479. The van der Waals surface area contributed by atoms with Crippen molar-refractivity contribution >= 4 is 43.9 Å². The van der Waals surface area contributed by atoms with E-state index in [0.29, 0.717) is 10.5 Å². The molecule has 25 heavy (non-hydrogen) atoms. The van der Waals surface area contributed by atoms with Gasteiger partial charge in [-0.1, -0.05) is 35.9 Å². The van der Waals surface area contributed by atoms with Crippen molar-refractivity contribution in [3.8, 4) is 16.9 Å². The molecule has 3 nitrogen and oxygen atoms in total. The van der Waals surface area contributed by atoms with Gasteiger partial charge in [0.2, 0.25) is 0 Å². The lowest BCUT2D eigenvalue weighted by Crippen LogP contribution is -2.28. The summed E-state index contributed by atoms with van der Waals surface area (Å²) in [6.45, 7) is 3.94. The Morgan fingerprint density at radius 1 is 1.16 bits per heavy atom. The normalized spacial score (nSPS) is 12.2. The van der Waals surface area contributed by atoms with Gasteiger partial charge in [-0.2, -0.15) is 0 Å². The average Bonchev–Trinajstić information content (AvgIpc) is 3.03. The molecule has 2 aromatic heterocycles. The second-order valence-corrected chi connectivity index (χ2v) is 8.09. The van der Waals surface area contributed by atoms with Gasteiger partial charge in [-0.3, -0.25) is 4.98 Å². The van der Waals surface area contributed by atoms with Gasteiger partial charge in [-0.15, -0.1) is 11.3 Å². The van der Waals surface area contributed by atoms with Crippen LogP contribution in [0, 0.1) is 0 Å². The summed E-state index contributed by atoms with van der Waals surface area (Å²) < 4.78 is 1.06. The number of hydrogen-bond donors (Lipinski definition) is 2. The first kappa shape index (κ1) is 16.3. The maximum atomic E-state index is 10.6. The number of nitrogens with two attached hydrogens (primary N) is 1. The number of nitrogens with zero attached hydrogens (tertiary/aromatic N) is 1. The number of hydrogen-bond acceptors (Lipinski definition) is 4. The van der Waals surface area contributed by atoms with E-state index < -0.39 is 5.54 Å². The monoisotopic (exact) mass is 368 g/mol. The van der Waals surface area contributed by atoms with E-state index in [9.17, 15) is 5.11 Å². The molecule has 0 bridgehead atoms. The first-order chi connectivity index (χ1) is 11.9. The SMILES string of the molecule is CC(C)(N)c1ccc(-c2c(O)cc(Cl)c3ncc4sccc4c23)cc1. The molecule has 0 amide bonds. The zero-order chi connectivity index (χ0) is 17.8. The van der Waals surface area contributed by atoms with Crippen molar-refractivity contribution in [2.45, 2.75) is 19.4 Å². The Balaban J connectivity index is 2.05. The number of pyridine rings is 1. The fourth-order valence-electron chi connectivity index (χ4n) is 3.12. The highest BCUT2D eigenvalue weighted by Gasteiger charge is 2.18. The van der Waals surface area contributed by atoms with E-state index in [1.54, 1.807) is 17.4 Å². The number of aromatic hydroxyl groups is 1. The maximum absolute atomic E-state index is 10.6. The van der Waals surface area contributed by atoms with E-state index in [2.05, 4.69) is 4.98 Å². The summed E-state index contributed by atoms with van der Waals surface area (Å²) in [6, 6.07) is 11.6. The largest absolute Gasteiger partial charge is 0.507 e. The molecular weight excluding hydrogens is 352 g/mol. The minimum absolute atomic E-state index is 0.151. The number of fused-ring (bicyclic) bond motifs is 3. The summed E-state index contributed by atoms with van der Waals surface area (Å²) in [7, 11) is 0. The molecule has 0 aliphatic carbocycles. The van der Waals surface area contributed by atoms with Gasteiger partial charge >= 0.3 is 0 Å². The molecule has 0 aliphatic heterocycles. The summed E-state index contributed by atoms with van der Waals surface area (Å²) in [4.78, 5) is 4.51. The highest BCUT2D eigenvalue weighted by atomic mass is 35.5. The molecule has 5 heteroatoms. The molecule has 3 N–H and O–H groups in total. The van der Waals surface area contributed by atoms with Crippen LogP contribution >= 0.6 is 22.9 Å². The van der Waals surface area contributed by atoms with Crippen LogP contribution in [0.1, 0.15) is 19.4 Å². The van der Waals surface area contributed by atoms with Gasteiger partial charge in [-0.25, -0.2) is 0 Å². The molecule has 0 aliphatic rings. The van der Waals surface area contributed by atoms with Crippen LogP contribution in [-0.2, 0) is 5.54 Å². The standard InChI is InChI=1S/C20H17ClN2OS/c1-20(2,22)12-5-3-11(4-6-12)17-15(24)9-14(21)19-18(17)13-7-8-25-16(13)10-23-19/h3-10,24H,22H2,1-2H3. The molecular formula is C20H17ClN2OS. The van der Waals surface area contributed by atoms with Gasteiger partial charge in [0, 0.05) is 34.1 Å². The second kappa shape index (κ2) is 5.70. The van der Waals surface area contributed by atoms with E-state index in [-0.39, 0.29) is 5.75 Å².